The zero-order valence-electron chi connectivity index (χ0n) is 5.95. The van der Waals surface area contributed by atoms with Crippen LogP contribution in [0.4, 0.5) is 0 Å². The monoisotopic (exact) mass is 182 g/mol. The van der Waals surface area contributed by atoms with Crippen molar-refractivity contribution in [1.29, 1.82) is 0 Å². The summed E-state index contributed by atoms with van der Waals surface area (Å²) in [5, 5.41) is 50.9. The highest BCUT2D eigenvalue weighted by atomic mass is 16.6. The highest BCUT2D eigenvalue weighted by Gasteiger charge is 2.45. The second-order valence-electron chi connectivity index (χ2n) is 2.23. The van der Waals surface area contributed by atoms with Crippen LogP contribution in [0.15, 0.2) is 0 Å². The number of carbonyl (C=O) groups is 1. The van der Waals surface area contributed by atoms with Crippen molar-refractivity contribution < 1.29 is 35.4 Å². The zero-order chi connectivity index (χ0) is 9.94. The molecule has 0 spiro atoms. The molecule has 6 N–H and O–H groups in total. The molecule has 0 heterocycles. The number of hydrogen-bond acceptors (Lipinski definition) is 6. The lowest BCUT2D eigenvalue weighted by molar-refractivity contribution is -0.253. The molecule has 0 aromatic carbocycles. The number of carboxylic acid groups (broad SMARTS) is 1. The Kier molecular flexibility index (Phi) is 3.55. The molecule has 0 aliphatic heterocycles. The van der Waals surface area contributed by atoms with Gasteiger partial charge in [0, 0.05) is 0 Å². The van der Waals surface area contributed by atoms with Gasteiger partial charge < -0.3 is 30.6 Å². The minimum Gasteiger partial charge on any atom is -0.477 e. The number of hydrogen-bond donors (Lipinski definition) is 6. The van der Waals surface area contributed by atoms with Crippen LogP contribution < -0.4 is 0 Å². The smallest absolute Gasteiger partial charge is 0.367 e. The van der Waals surface area contributed by atoms with Crippen LogP contribution in [0.25, 0.3) is 0 Å². The van der Waals surface area contributed by atoms with Gasteiger partial charge in [-0.15, -0.1) is 0 Å². The van der Waals surface area contributed by atoms with Gasteiger partial charge in [0.15, 0.2) is 0 Å². The molecule has 0 amide bonds. The van der Waals surface area contributed by atoms with Crippen molar-refractivity contribution in [3.05, 3.63) is 0 Å². The summed E-state index contributed by atoms with van der Waals surface area (Å²) in [6.07, 6.45) is -4.28. The second kappa shape index (κ2) is 3.78. The standard InChI is InChI=1S/C5H10O7/c6-1-2(7)3(8)5(11,12)4(9)10/h2-3,6-8,11-12H,1H2,(H,9,10)/t2-,3+/m1/s1. The molecule has 0 unspecified atom stereocenters. The van der Waals surface area contributed by atoms with Crippen molar-refractivity contribution in [3.63, 3.8) is 0 Å². The maximum absolute atomic E-state index is 10.0. The number of aliphatic hydroxyl groups excluding tert-OH is 3. The Bertz CT molecular complexity index is 165. The van der Waals surface area contributed by atoms with E-state index in [1.165, 1.54) is 0 Å². The Labute approximate surface area is 67.1 Å². The molecule has 72 valence electrons. The van der Waals surface area contributed by atoms with Gasteiger partial charge in [0.1, 0.15) is 12.2 Å². The SMILES string of the molecule is O=C(O)C(O)(O)[C@@H](O)[C@H](O)CO. The second-order valence-corrected chi connectivity index (χ2v) is 2.23. The minimum absolute atomic E-state index is 0.975. The molecule has 0 bridgehead atoms. The Morgan fingerprint density at radius 3 is 2.00 bits per heavy atom. The molecule has 2 atom stereocenters. The molecular weight excluding hydrogens is 172 g/mol. The van der Waals surface area contributed by atoms with Gasteiger partial charge >= 0.3 is 5.97 Å². The molecule has 12 heavy (non-hydrogen) atoms. The van der Waals surface area contributed by atoms with Gasteiger partial charge in [-0.3, -0.25) is 0 Å². The molecule has 0 fully saturated rings. The van der Waals surface area contributed by atoms with Crippen molar-refractivity contribution in [3.8, 4) is 0 Å². The molecule has 0 rings (SSSR count). The lowest BCUT2D eigenvalue weighted by atomic mass is 10.1. The fraction of sp³-hybridized carbons (Fsp3) is 0.800. The van der Waals surface area contributed by atoms with E-state index in [9.17, 15) is 4.79 Å². The van der Waals surface area contributed by atoms with Crippen LogP contribution in [-0.4, -0.2) is 61.2 Å². The summed E-state index contributed by atoms with van der Waals surface area (Å²) in [6.45, 7) is -0.975. The largest absolute Gasteiger partial charge is 0.477 e. The summed E-state index contributed by atoms with van der Waals surface area (Å²) in [5.74, 6) is -5.56. The van der Waals surface area contributed by atoms with Crippen LogP contribution in [0.3, 0.4) is 0 Å². The van der Waals surface area contributed by atoms with E-state index in [2.05, 4.69) is 0 Å². The third-order valence-electron chi connectivity index (χ3n) is 1.28. The maximum Gasteiger partial charge on any atom is 0.367 e. The van der Waals surface area contributed by atoms with Crippen molar-refractivity contribution in [2.24, 2.45) is 0 Å². The van der Waals surface area contributed by atoms with Gasteiger partial charge in [-0.2, -0.15) is 0 Å². The first-order chi connectivity index (χ1) is 5.34. The number of aliphatic hydroxyl groups is 5. The van der Waals surface area contributed by atoms with Crippen LogP contribution >= 0.6 is 0 Å². The van der Waals surface area contributed by atoms with Gasteiger partial charge in [0.05, 0.1) is 6.61 Å². The van der Waals surface area contributed by atoms with Crippen LogP contribution in [0.1, 0.15) is 0 Å². The summed E-state index contributed by atoms with van der Waals surface area (Å²) < 4.78 is 0. The van der Waals surface area contributed by atoms with Crippen molar-refractivity contribution in [1.82, 2.24) is 0 Å². The first-order valence-electron chi connectivity index (χ1n) is 2.99. The van der Waals surface area contributed by atoms with E-state index in [1.54, 1.807) is 0 Å². The number of aliphatic carboxylic acids is 1. The highest BCUT2D eigenvalue weighted by Crippen LogP contribution is 2.10. The van der Waals surface area contributed by atoms with E-state index in [0.717, 1.165) is 0 Å². The molecule has 0 radical (unpaired) electrons. The summed E-state index contributed by atoms with van der Waals surface area (Å²) >= 11 is 0. The lowest BCUT2D eigenvalue weighted by Crippen LogP contribution is -2.55. The quantitative estimate of drug-likeness (QED) is 0.247. The zero-order valence-corrected chi connectivity index (χ0v) is 5.95. The van der Waals surface area contributed by atoms with E-state index < -0.39 is 30.6 Å². The van der Waals surface area contributed by atoms with Crippen LogP contribution in [0.5, 0.6) is 0 Å². The molecule has 7 nitrogen and oxygen atoms in total. The summed E-state index contributed by atoms with van der Waals surface area (Å²) in [4.78, 5) is 10.0. The molecule has 0 saturated heterocycles. The maximum atomic E-state index is 10.0. The predicted octanol–water partition coefficient (Wildman–Crippen LogP) is -3.53. The molecular formula is C5H10O7. The normalized spacial score (nSPS) is 17.1. The molecule has 0 saturated carbocycles. The fourth-order valence-corrected chi connectivity index (χ4v) is 0.495. The van der Waals surface area contributed by atoms with Gasteiger partial charge in [0.2, 0.25) is 0 Å². The number of rotatable bonds is 4. The fourth-order valence-electron chi connectivity index (χ4n) is 0.495. The van der Waals surface area contributed by atoms with Crippen molar-refractivity contribution in [2.75, 3.05) is 6.61 Å². The van der Waals surface area contributed by atoms with E-state index >= 15 is 0 Å². The average Bonchev–Trinajstić information content (AvgIpc) is 2.01. The van der Waals surface area contributed by atoms with Crippen LogP contribution in [0, 0.1) is 0 Å². The highest BCUT2D eigenvalue weighted by molar-refractivity contribution is 5.75. The summed E-state index contributed by atoms with van der Waals surface area (Å²) in [7, 11) is 0. The van der Waals surface area contributed by atoms with E-state index in [1.807, 2.05) is 0 Å². The van der Waals surface area contributed by atoms with Gasteiger partial charge in [0.25, 0.3) is 5.79 Å². The average molecular weight is 182 g/mol. The number of carboxylic acids is 1. The third kappa shape index (κ3) is 2.13. The van der Waals surface area contributed by atoms with Gasteiger partial charge in [-0.05, 0) is 0 Å². The Morgan fingerprint density at radius 2 is 1.75 bits per heavy atom. The first-order valence-corrected chi connectivity index (χ1v) is 2.99. The Hall–Kier alpha value is -0.730. The topological polar surface area (TPSA) is 138 Å². The van der Waals surface area contributed by atoms with Crippen LogP contribution in [-0.2, 0) is 4.79 Å². The minimum atomic E-state index is -3.46. The van der Waals surface area contributed by atoms with E-state index in [0.29, 0.717) is 0 Å². The molecule has 7 heteroatoms. The third-order valence-corrected chi connectivity index (χ3v) is 1.28. The van der Waals surface area contributed by atoms with E-state index in [-0.39, 0.29) is 0 Å². The first kappa shape index (κ1) is 11.3. The van der Waals surface area contributed by atoms with Crippen LogP contribution in [0.2, 0.25) is 0 Å². The molecule has 0 aromatic rings. The molecule has 0 aliphatic rings. The van der Waals surface area contributed by atoms with Crippen molar-refractivity contribution >= 4 is 5.97 Å². The Morgan fingerprint density at radius 1 is 1.33 bits per heavy atom. The lowest BCUT2D eigenvalue weighted by Gasteiger charge is -2.25. The summed E-state index contributed by atoms with van der Waals surface area (Å²) in [5.41, 5.74) is 0. The molecule has 0 aliphatic carbocycles. The predicted molar refractivity (Wildman–Crippen MR) is 33.9 cm³/mol. The molecule has 0 aromatic heterocycles. The van der Waals surface area contributed by atoms with E-state index in [4.69, 9.17) is 30.6 Å². The summed E-state index contributed by atoms with van der Waals surface area (Å²) in [6, 6.07) is 0. The van der Waals surface area contributed by atoms with Crippen molar-refractivity contribution in [2.45, 2.75) is 18.0 Å². The van der Waals surface area contributed by atoms with Gasteiger partial charge in [-0.25, -0.2) is 4.79 Å². The Balaban J connectivity index is 4.44. The van der Waals surface area contributed by atoms with Gasteiger partial charge in [-0.1, -0.05) is 0 Å².